The molecule has 100 valence electrons. The highest BCUT2D eigenvalue weighted by molar-refractivity contribution is 7.80. The summed E-state index contributed by atoms with van der Waals surface area (Å²) in [6.45, 7) is 0. The lowest BCUT2D eigenvalue weighted by Gasteiger charge is -2.18. The van der Waals surface area contributed by atoms with E-state index in [1.807, 2.05) is 72.6 Å². The number of para-hydroxylation sites is 1. The number of amides is 1. The molecule has 0 saturated carbocycles. The first-order valence-corrected chi connectivity index (χ1v) is 6.82. The molecule has 0 N–H and O–H groups in total. The molecule has 0 spiro atoms. The van der Waals surface area contributed by atoms with Crippen LogP contribution in [0.4, 0.5) is 5.69 Å². The maximum atomic E-state index is 12.7. The molecule has 20 heavy (non-hydrogen) atoms. The van der Waals surface area contributed by atoms with Gasteiger partial charge in [-0.1, -0.05) is 48.5 Å². The molecule has 1 aliphatic heterocycles. The van der Waals surface area contributed by atoms with Gasteiger partial charge >= 0.3 is 0 Å². The number of hydrogen-bond acceptors (Lipinski definition) is 2. The van der Waals surface area contributed by atoms with Crippen LogP contribution in [0.5, 0.6) is 0 Å². The Balaban J connectivity index is 2.01. The lowest BCUT2D eigenvalue weighted by Crippen LogP contribution is -2.30. The van der Waals surface area contributed by atoms with Crippen LogP contribution >= 0.6 is 12.2 Å². The maximum absolute atomic E-state index is 12.7. The van der Waals surface area contributed by atoms with E-state index in [1.165, 1.54) is 0 Å². The molecule has 3 nitrogen and oxygen atoms in total. The Labute approximate surface area is 123 Å². The average Bonchev–Trinajstić information content (AvgIpc) is 2.71. The topological polar surface area (TPSA) is 23.6 Å². The summed E-state index contributed by atoms with van der Waals surface area (Å²) in [4.78, 5) is 16.2. The van der Waals surface area contributed by atoms with Gasteiger partial charge < -0.3 is 4.90 Å². The van der Waals surface area contributed by atoms with E-state index < -0.39 is 0 Å². The van der Waals surface area contributed by atoms with E-state index in [2.05, 4.69) is 0 Å². The first kappa shape index (κ1) is 12.8. The van der Waals surface area contributed by atoms with E-state index in [4.69, 9.17) is 12.2 Å². The van der Waals surface area contributed by atoms with Gasteiger partial charge in [0.15, 0.2) is 5.11 Å². The zero-order valence-electron chi connectivity index (χ0n) is 11.1. The molecule has 0 bridgehead atoms. The highest BCUT2D eigenvalue weighted by Crippen LogP contribution is 2.32. The number of nitrogens with zero attached hydrogens (tertiary/aromatic N) is 2. The highest BCUT2D eigenvalue weighted by atomic mass is 32.1. The maximum Gasteiger partial charge on any atom is 0.260 e. The van der Waals surface area contributed by atoms with Crippen LogP contribution in [-0.2, 0) is 4.79 Å². The summed E-state index contributed by atoms with van der Waals surface area (Å²) in [5.41, 5.74) is 1.77. The quantitative estimate of drug-likeness (QED) is 0.791. The van der Waals surface area contributed by atoms with Crippen LogP contribution in [0.2, 0.25) is 0 Å². The number of anilines is 1. The zero-order valence-corrected chi connectivity index (χ0v) is 11.9. The largest absolute Gasteiger partial charge is 0.336 e. The minimum Gasteiger partial charge on any atom is -0.336 e. The van der Waals surface area contributed by atoms with Crippen molar-refractivity contribution in [3.05, 3.63) is 66.2 Å². The summed E-state index contributed by atoms with van der Waals surface area (Å²) in [5, 5.41) is 0.537. The van der Waals surface area contributed by atoms with Gasteiger partial charge in [0, 0.05) is 7.05 Å². The number of carbonyl (C=O) groups is 1. The fourth-order valence-electron chi connectivity index (χ4n) is 2.47. The van der Waals surface area contributed by atoms with Gasteiger partial charge in [0.1, 0.15) is 6.04 Å². The van der Waals surface area contributed by atoms with E-state index in [9.17, 15) is 4.79 Å². The number of thiocarbonyl (C=S) groups is 1. The van der Waals surface area contributed by atoms with Gasteiger partial charge in [-0.3, -0.25) is 9.69 Å². The molecule has 4 heteroatoms. The molecule has 0 aromatic heterocycles. The Kier molecular flexibility index (Phi) is 3.24. The fourth-order valence-corrected chi connectivity index (χ4v) is 2.77. The minimum absolute atomic E-state index is 0.00472. The molecule has 1 fully saturated rings. The molecule has 0 radical (unpaired) electrons. The number of benzene rings is 2. The van der Waals surface area contributed by atoms with Crippen LogP contribution < -0.4 is 4.90 Å². The zero-order chi connectivity index (χ0) is 14.1. The van der Waals surface area contributed by atoms with Crippen LogP contribution in [0.3, 0.4) is 0 Å². The predicted octanol–water partition coefficient (Wildman–Crippen LogP) is 2.99. The molecule has 0 aliphatic carbocycles. The van der Waals surface area contributed by atoms with Crippen molar-refractivity contribution in [1.29, 1.82) is 0 Å². The average molecular weight is 282 g/mol. The third-order valence-electron chi connectivity index (χ3n) is 3.46. The van der Waals surface area contributed by atoms with Gasteiger partial charge in [-0.05, 0) is 29.9 Å². The van der Waals surface area contributed by atoms with Gasteiger partial charge in [-0.2, -0.15) is 0 Å². The van der Waals surface area contributed by atoms with Crippen molar-refractivity contribution >= 4 is 28.9 Å². The van der Waals surface area contributed by atoms with Gasteiger partial charge in [0.25, 0.3) is 5.91 Å². The first-order chi connectivity index (χ1) is 9.70. The van der Waals surface area contributed by atoms with E-state index in [1.54, 1.807) is 4.90 Å². The van der Waals surface area contributed by atoms with Crippen molar-refractivity contribution < 1.29 is 4.79 Å². The van der Waals surface area contributed by atoms with Gasteiger partial charge in [-0.15, -0.1) is 0 Å². The monoisotopic (exact) mass is 282 g/mol. The number of rotatable bonds is 2. The van der Waals surface area contributed by atoms with Crippen LogP contribution in [0.15, 0.2) is 60.7 Å². The van der Waals surface area contributed by atoms with Crippen molar-refractivity contribution in [2.75, 3.05) is 11.9 Å². The van der Waals surface area contributed by atoms with Crippen molar-refractivity contribution in [3.63, 3.8) is 0 Å². The fraction of sp³-hybridized carbons (Fsp3) is 0.125. The van der Waals surface area contributed by atoms with Crippen molar-refractivity contribution in [1.82, 2.24) is 4.90 Å². The number of likely N-dealkylation sites (N-methyl/N-ethyl adjacent to an activating group) is 1. The lowest BCUT2D eigenvalue weighted by molar-refractivity contribution is -0.119. The van der Waals surface area contributed by atoms with Crippen LogP contribution in [0, 0.1) is 0 Å². The Hall–Kier alpha value is -2.20. The Morgan fingerprint density at radius 3 is 2.10 bits per heavy atom. The molecule has 1 heterocycles. The van der Waals surface area contributed by atoms with Crippen LogP contribution in [0.1, 0.15) is 11.6 Å². The molecule has 1 aliphatic rings. The van der Waals surface area contributed by atoms with Gasteiger partial charge in [0.2, 0.25) is 0 Å². The standard InChI is InChI=1S/C16H14N2OS/c1-17-14(12-8-4-2-5-9-12)15(19)18(16(17)20)13-10-6-3-7-11-13/h2-11,14H,1H3/t14-/m1/s1. The Morgan fingerprint density at radius 1 is 0.950 bits per heavy atom. The number of hydrogen-bond donors (Lipinski definition) is 0. The highest BCUT2D eigenvalue weighted by Gasteiger charge is 2.41. The smallest absolute Gasteiger partial charge is 0.260 e. The van der Waals surface area contributed by atoms with Crippen LogP contribution in [0.25, 0.3) is 0 Å². The van der Waals surface area contributed by atoms with Crippen molar-refractivity contribution in [2.45, 2.75) is 6.04 Å². The minimum atomic E-state index is -0.344. The first-order valence-electron chi connectivity index (χ1n) is 6.41. The second kappa shape index (κ2) is 5.06. The van der Waals surface area contributed by atoms with E-state index >= 15 is 0 Å². The summed E-state index contributed by atoms with van der Waals surface area (Å²) in [7, 11) is 1.86. The third-order valence-corrected chi connectivity index (χ3v) is 3.93. The van der Waals surface area contributed by atoms with Gasteiger partial charge in [0.05, 0.1) is 5.69 Å². The SMILES string of the molecule is CN1C(=S)N(c2ccccc2)C(=O)[C@H]1c1ccccc1. The molecule has 1 saturated heterocycles. The van der Waals surface area contributed by atoms with Gasteiger partial charge in [-0.25, -0.2) is 0 Å². The molecule has 0 unspecified atom stereocenters. The third kappa shape index (κ3) is 1.98. The molecule has 1 atom stereocenters. The lowest BCUT2D eigenvalue weighted by atomic mass is 10.1. The molecule has 2 aromatic rings. The van der Waals surface area contributed by atoms with Crippen molar-refractivity contribution in [2.24, 2.45) is 0 Å². The molecular formula is C16H14N2OS. The van der Waals surface area contributed by atoms with E-state index in [0.29, 0.717) is 5.11 Å². The predicted molar refractivity (Wildman–Crippen MR) is 83.5 cm³/mol. The molecule has 2 aromatic carbocycles. The van der Waals surface area contributed by atoms with E-state index in [-0.39, 0.29) is 11.9 Å². The second-order valence-electron chi connectivity index (χ2n) is 4.72. The summed E-state index contributed by atoms with van der Waals surface area (Å²) >= 11 is 5.43. The molecule has 3 rings (SSSR count). The Morgan fingerprint density at radius 2 is 1.50 bits per heavy atom. The van der Waals surface area contributed by atoms with E-state index in [0.717, 1.165) is 11.3 Å². The summed E-state index contributed by atoms with van der Waals surface area (Å²) in [5.74, 6) is -0.00472. The van der Waals surface area contributed by atoms with Crippen molar-refractivity contribution in [3.8, 4) is 0 Å². The second-order valence-corrected chi connectivity index (χ2v) is 5.08. The summed E-state index contributed by atoms with van der Waals surface area (Å²) in [6.07, 6.45) is 0. The number of carbonyl (C=O) groups excluding carboxylic acids is 1. The van der Waals surface area contributed by atoms with Crippen LogP contribution in [-0.4, -0.2) is 23.0 Å². The summed E-state index contributed by atoms with van der Waals surface area (Å²) < 4.78 is 0. The molecular weight excluding hydrogens is 268 g/mol. The molecule has 1 amide bonds. The summed E-state index contributed by atoms with van der Waals surface area (Å²) in [6, 6.07) is 18.9. The normalized spacial score (nSPS) is 18.8. The Bertz CT molecular complexity index is 642.